The van der Waals surface area contributed by atoms with Crippen molar-refractivity contribution in [3.8, 4) is 5.75 Å². The molecule has 4 nitrogen and oxygen atoms in total. The Kier molecular flexibility index (Phi) is 5.09. The number of aliphatic hydroxyl groups excluding tert-OH is 1. The van der Waals surface area contributed by atoms with E-state index < -0.39 is 6.10 Å². The van der Waals surface area contributed by atoms with Crippen LogP contribution in [-0.4, -0.2) is 28.7 Å². The fraction of sp³-hybridized carbons (Fsp3) is 0.333. The highest BCUT2D eigenvalue weighted by Gasteiger charge is 2.16. The monoisotopic (exact) mass is 314 g/mol. The van der Waals surface area contributed by atoms with Crippen LogP contribution in [0.1, 0.15) is 18.6 Å². The Bertz CT molecular complexity index is 558. The highest BCUT2D eigenvalue weighted by Crippen LogP contribution is 2.39. The number of nitrogens with zero attached hydrogens (tertiary/aromatic N) is 2. The molecule has 0 aliphatic rings. The van der Waals surface area contributed by atoms with Gasteiger partial charge in [0.05, 0.1) is 13.2 Å². The smallest absolute Gasteiger partial charge is 0.179 e. The average molecular weight is 314 g/mol. The largest absolute Gasteiger partial charge is 0.496 e. The van der Waals surface area contributed by atoms with E-state index in [-0.39, 0.29) is 0 Å². The molecule has 0 saturated carbocycles. The minimum atomic E-state index is -0.591. The van der Waals surface area contributed by atoms with Gasteiger partial charge in [-0.15, -0.1) is 10.2 Å². The van der Waals surface area contributed by atoms with Gasteiger partial charge in [0, 0.05) is 10.5 Å². The lowest BCUT2D eigenvalue weighted by molar-refractivity contribution is 0.191. The number of aromatic nitrogens is 2. The van der Waals surface area contributed by atoms with E-state index in [4.69, 9.17) is 4.74 Å². The molecule has 1 heterocycles. The SMILES string of the molecule is COc1cccc(Sc2nnc(SC)s2)c1[C@@H](C)O. The van der Waals surface area contributed by atoms with Crippen LogP contribution in [0.25, 0.3) is 0 Å². The third-order valence-electron chi connectivity index (χ3n) is 2.42. The van der Waals surface area contributed by atoms with Gasteiger partial charge in [-0.3, -0.25) is 0 Å². The van der Waals surface area contributed by atoms with E-state index in [9.17, 15) is 5.11 Å². The second-order valence-corrected chi connectivity index (χ2v) is 7.01. The summed E-state index contributed by atoms with van der Waals surface area (Å²) < 4.78 is 7.10. The van der Waals surface area contributed by atoms with E-state index in [1.807, 2.05) is 24.5 Å². The van der Waals surface area contributed by atoms with Crippen molar-refractivity contribution in [2.75, 3.05) is 13.4 Å². The summed E-state index contributed by atoms with van der Waals surface area (Å²) >= 11 is 4.62. The maximum Gasteiger partial charge on any atom is 0.179 e. The topological polar surface area (TPSA) is 55.2 Å². The standard InChI is InChI=1S/C12H14N2O2S3/c1-7(15)10-8(16-2)5-4-6-9(10)18-12-14-13-11(17-3)19-12/h4-7,15H,1-3H3/t7-/m1/s1. The van der Waals surface area contributed by atoms with Crippen LogP contribution in [0.15, 0.2) is 31.8 Å². The molecule has 19 heavy (non-hydrogen) atoms. The highest BCUT2D eigenvalue weighted by molar-refractivity contribution is 8.03. The molecule has 0 radical (unpaired) electrons. The van der Waals surface area contributed by atoms with Gasteiger partial charge in [0.15, 0.2) is 8.68 Å². The molecule has 0 bridgehead atoms. The molecule has 2 aromatic rings. The quantitative estimate of drug-likeness (QED) is 0.853. The van der Waals surface area contributed by atoms with Gasteiger partial charge in [-0.05, 0) is 25.3 Å². The first kappa shape index (κ1) is 14.6. The zero-order valence-corrected chi connectivity index (χ0v) is 13.2. The zero-order chi connectivity index (χ0) is 13.8. The van der Waals surface area contributed by atoms with E-state index in [0.717, 1.165) is 19.1 Å². The average Bonchev–Trinajstić information content (AvgIpc) is 2.85. The van der Waals surface area contributed by atoms with Crippen LogP contribution >= 0.6 is 34.9 Å². The lowest BCUT2D eigenvalue weighted by atomic mass is 10.1. The summed E-state index contributed by atoms with van der Waals surface area (Å²) in [6.07, 6.45) is 1.38. The predicted octanol–water partition coefficient (Wildman–Crippen LogP) is 3.47. The van der Waals surface area contributed by atoms with Gasteiger partial charge in [0.25, 0.3) is 0 Å². The van der Waals surface area contributed by atoms with Crippen molar-refractivity contribution in [1.82, 2.24) is 10.2 Å². The molecular weight excluding hydrogens is 300 g/mol. The Balaban J connectivity index is 2.33. The summed E-state index contributed by atoms with van der Waals surface area (Å²) in [7, 11) is 1.60. The van der Waals surface area contributed by atoms with Crippen molar-refractivity contribution in [2.24, 2.45) is 0 Å². The summed E-state index contributed by atoms with van der Waals surface area (Å²) in [5.74, 6) is 0.689. The lowest BCUT2D eigenvalue weighted by Crippen LogP contribution is -1.98. The molecule has 102 valence electrons. The van der Waals surface area contributed by atoms with Crippen molar-refractivity contribution in [2.45, 2.75) is 26.6 Å². The molecular formula is C12H14N2O2S3. The Morgan fingerprint density at radius 2 is 2.05 bits per heavy atom. The molecule has 1 atom stereocenters. The molecule has 0 spiro atoms. The van der Waals surface area contributed by atoms with Crippen molar-refractivity contribution in [3.05, 3.63) is 23.8 Å². The summed E-state index contributed by atoms with van der Waals surface area (Å²) in [5, 5.41) is 18.1. The molecule has 1 aromatic heterocycles. The molecule has 0 aliphatic carbocycles. The van der Waals surface area contributed by atoms with Crippen LogP contribution in [0.2, 0.25) is 0 Å². The highest BCUT2D eigenvalue weighted by atomic mass is 32.2. The second-order valence-electron chi connectivity index (χ2n) is 3.69. The molecule has 2 rings (SSSR count). The lowest BCUT2D eigenvalue weighted by Gasteiger charge is -2.14. The minimum absolute atomic E-state index is 0.591. The Morgan fingerprint density at radius 1 is 1.32 bits per heavy atom. The van der Waals surface area contributed by atoms with Crippen molar-refractivity contribution in [1.29, 1.82) is 0 Å². The molecule has 1 N–H and O–H groups in total. The van der Waals surface area contributed by atoms with Gasteiger partial charge in [-0.1, -0.05) is 40.9 Å². The Hall–Kier alpha value is -0.760. The molecule has 0 saturated heterocycles. The second kappa shape index (κ2) is 6.60. The molecule has 1 aromatic carbocycles. The number of hydrogen-bond donors (Lipinski definition) is 1. The Morgan fingerprint density at radius 3 is 2.63 bits per heavy atom. The third-order valence-corrected chi connectivity index (χ3v) is 5.45. The third kappa shape index (κ3) is 3.42. The number of aliphatic hydroxyl groups is 1. The van der Waals surface area contributed by atoms with E-state index in [1.54, 1.807) is 37.1 Å². The van der Waals surface area contributed by atoms with Crippen LogP contribution in [0.4, 0.5) is 0 Å². The van der Waals surface area contributed by atoms with Gasteiger partial charge in [-0.2, -0.15) is 0 Å². The maximum atomic E-state index is 9.92. The van der Waals surface area contributed by atoms with Gasteiger partial charge >= 0.3 is 0 Å². The first-order valence-corrected chi connectivity index (χ1v) is 8.41. The number of ether oxygens (including phenoxy) is 1. The fourth-order valence-electron chi connectivity index (χ4n) is 1.62. The summed E-state index contributed by atoms with van der Waals surface area (Å²) in [4.78, 5) is 0.943. The first-order chi connectivity index (χ1) is 9.15. The fourth-order valence-corrected chi connectivity index (χ4v) is 4.25. The van der Waals surface area contributed by atoms with Crippen molar-refractivity contribution in [3.63, 3.8) is 0 Å². The van der Waals surface area contributed by atoms with E-state index in [2.05, 4.69) is 10.2 Å². The summed E-state index contributed by atoms with van der Waals surface area (Å²) in [5.41, 5.74) is 0.788. The van der Waals surface area contributed by atoms with Crippen molar-refractivity contribution < 1.29 is 9.84 Å². The normalized spacial score (nSPS) is 12.4. The van der Waals surface area contributed by atoms with Crippen LogP contribution < -0.4 is 4.74 Å². The molecule has 0 unspecified atom stereocenters. The van der Waals surface area contributed by atoms with Crippen LogP contribution in [-0.2, 0) is 0 Å². The first-order valence-electron chi connectivity index (χ1n) is 5.56. The Labute approximate surface area is 124 Å². The van der Waals surface area contributed by atoms with Crippen LogP contribution in [0.5, 0.6) is 5.75 Å². The number of hydrogen-bond acceptors (Lipinski definition) is 7. The minimum Gasteiger partial charge on any atom is -0.496 e. The van der Waals surface area contributed by atoms with Gasteiger partial charge in [0.2, 0.25) is 0 Å². The van der Waals surface area contributed by atoms with E-state index >= 15 is 0 Å². The number of thioether (sulfide) groups is 1. The maximum absolute atomic E-state index is 9.92. The number of benzene rings is 1. The van der Waals surface area contributed by atoms with Gasteiger partial charge in [0.1, 0.15) is 5.75 Å². The summed E-state index contributed by atoms with van der Waals surface area (Å²) in [6, 6.07) is 5.71. The van der Waals surface area contributed by atoms with Gasteiger partial charge < -0.3 is 9.84 Å². The van der Waals surface area contributed by atoms with E-state index in [1.165, 1.54) is 11.8 Å². The predicted molar refractivity (Wildman–Crippen MR) is 79.4 cm³/mol. The molecule has 0 fully saturated rings. The van der Waals surface area contributed by atoms with Gasteiger partial charge in [-0.25, -0.2) is 0 Å². The molecule has 7 heteroatoms. The molecule has 0 aliphatic heterocycles. The zero-order valence-electron chi connectivity index (χ0n) is 10.8. The van der Waals surface area contributed by atoms with Crippen molar-refractivity contribution >= 4 is 34.9 Å². The van der Waals surface area contributed by atoms with Crippen LogP contribution in [0.3, 0.4) is 0 Å². The number of methoxy groups -OCH3 is 1. The molecule has 0 amide bonds. The number of rotatable bonds is 5. The van der Waals surface area contributed by atoms with Crippen LogP contribution in [0, 0.1) is 0 Å². The summed E-state index contributed by atoms with van der Waals surface area (Å²) in [6.45, 7) is 1.73. The van der Waals surface area contributed by atoms with E-state index in [0.29, 0.717) is 5.75 Å².